The number of methoxy groups -OCH3 is 1. The lowest BCUT2D eigenvalue weighted by Gasteiger charge is -2.40. The molecule has 0 aromatic heterocycles. The zero-order chi connectivity index (χ0) is 24.2. The van der Waals surface area contributed by atoms with Crippen molar-refractivity contribution in [3.8, 4) is 0 Å². The van der Waals surface area contributed by atoms with Crippen molar-refractivity contribution in [3.05, 3.63) is 54.1 Å². The molecule has 1 aliphatic heterocycles. The second kappa shape index (κ2) is 10.3. The molecule has 0 saturated carbocycles. The minimum absolute atomic E-state index is 0.0725. The Balaban J connectivity index is 1.54. The summed E-state index contributed by atoms with van der Waals surface area (Å²) in [4.78, 5) is 27.7. The van der Waals surface area contributed by atoms with Gasteiger partial charge in [0.25, 0.3) is 0 Å². The van der Waals surface area contributed by atoms with Crippen molar-refractivity contribution in [3.63, 3.8) is 0 Å². The van der Waals surface area contributed by atoms with Crippen LogP contribution in [0.15, 0.2) is 53.4 Å². The van der Waals surface area contributed by atoms with Crippen molar-refractivity contribution in [2.24, 2.45) is 0 Å². The molecule has 0 radical (unpaired) electrons. The quantitative estimate of drug-likeness (QED) is 0.608. The monoisotopic (exact) mass is 481 g/mol. The largest absolute Gasteiger partial charge is 0.465 e. The summed E-state index contributed by atoms with van der Waals surface area (Å²) in [5, 5.41) is 2.66. The van der Waals surface area contributed by atoms with Gasteiger partial charge in [0, 0.05) is 37.1 Å². The van der Waals surface area contributed by atoms with Crippen LogP contribution in [0.1, 0.15) is 17.3 Å². The normalized spacial score (nSPS) is 17.1. The molecule has 1 aliphatic rings. The van der Waals surface area contributed by atoms with E-state index in [4.69, 9.17) is 4.74 Å². The van der Waals surface area contributed by atoms with Gasteiger partial charge in [-0.1, -0.05) is 0 Å². The number of carbonyl (C=O) groups excluding carboxylic acids is 2. The van der Waals surface area contributed by atoms with Gasteiger partial charge in [0.05, 0.1) is 24.1 Å². The Hall–Kier alpha value is -3.05. The van der Waals surface area contributed by atoms with E-state index in [0.717, 1.165) is 17.8 Å². The first kappa shape index (κ1) is 24.6. The number of rotatable bonds is 7. The third kappa shape index (κ3) is 5.85. The summed E-state index contributed by atoms with van der Waals surface area (Å²) in [7, 11) is -3.34. The van der Waals surface area contributed by atoms with Gasteiger partial charge < -0.3 is 15.0 Å². The van der Waals surface area contributed by atoms with Crippen LogP contribution in [0.4, 0.5) is 20.2 Å². The fourth-order valence-electron chi connectivity index (χ4n) is 3.61. The van der Waals surface area contributed by atoms with E-state index < -0.39 is 26.5 Å². The van der Waals surface area contributed by atoms with Gasteiger partial charge in [0.1, 0.15) is 0 Å². The summed E-state index contributed by atoms with van der Waals surface area (Å²) in [6, 6.07) is 11.9. The molecule has 2 aromatic carbocycles. The van der Waals surface area contributed by atoms with Crippen molar-refractivity contribution in [2.75, 3.05) is 43.5 Å². The molecule has 1 atom stereocenters. The third-order valence-corrected chi connectivity index (χ3v) is 6.86. The van der Waals surface area contributed by atoms with Crippen LogP contribution in [0.3, 0.4) is 0 Å². The first-order valence-corrected chi connectivity index (χ1v) is 11.8. The number of nitrogens with one attached hydrogen (secondary N) is 1. The summed E-state index contributed by atoms with van der Waals surface area (Å²) in [5.74, 6) is -4.18. The van der Waals surface area contributed by atoms with Gasteiger partial charge in [-0.25, -0.2) is 13.2 Å². The first-order valence-electron chi connectivity index (χ1n) is 10.2. The number of halogens is 2. The van der Waals surface area contributed by atoms with E-state index in [2.05, 4.69) is 10.2 Å². The fourth-order valence-corrected chi connectivity index (χ4v) is 4.33. The van der Waals surface area contributed by atoms with E-state index in [1.807, 2.05) is 24.0 Å². The van der Waals surface area contributed by atoms with Crippen LogP contribution in [0.2, 0.25) is 0 Å². The number of sulfone groups is 1. The number of benzene rings is 2. The summed E-state index contributed by atoms with van der Waals surface area (Å²) in [5.41, 5.74) is 1.77. The van der Waals surface area contributed by atoms with Crippen LogP contribution in [0.5, 0.6) is 0 Å². The summed E-state index contributed by atoms with van der Waals surface area (Å²) in [6.07, 6.45) is 0. The second-order valence-electron chi connectivity index (χ2n) is 7.68. The molecule has 1 N–H and O–H groups in total. The van der Waals surface area contributed by atoms with Gasteiger partial charge in [-0.05, 0) is 55.5 Å². The Morgan fingerprint density at radius 3 is 2.27 bits per heavy atom. The molecule has 1 amide bonds. The predicted molar refractivity (Wildman–Crippen MR) is 119 cm³/mol. The number of hydrogen-bond donors (Lipinski definition) is 1. The van der Waals surface area contributed by atoms with Crippen LogP contribution < -0.4 is 10.2 Å². The molecule has 8 nitrogen and oxygen atoms in total. The van der Waals surface area contributed by atoms with Gasteiger partial charge in [-0.3, -0.25) is 9.69 Å². The molecule has 0 spiro atoms. The average Bonchev–Trinajstić information content (AvgIpc) is 2.80. The van der Waals surface area contributed by atoms with E-state index in [-0.39, 0.29) is 18.5 Å². The number of esters is 1. The molecule has 0 bridgehead atoms. The molecule has 1 fully saturated rings. The zero-order valence-electron chi connectivity index (χ0n) is 18.2. The van der Waals surface area contributed by atoms with E-state index in [0.29, 0.717) is 30.9 Å². The summed E-state index contributed by atoms with van der Waals surface area (Å²) < 4.78 is 52.9. The fraction of sp³-hybridized carbons (Fsp3) is 0.364. The SMILES string of the molecule is COC(=O)c1ccc(N2CCN(CC(=O)Nc3ccc(S(=O)(=O)C(F)F)cc3)C(C)C2)cc1. The first-order chi connectivity index (χ1) is 15.6. The number of ether oxygens (including phenoxy) is 1. The van der Waals surface area contributed by atoms with Crippen molar-refractivity contribution >= 4 is 33.1 Å². The third-order valence-electron chi connectivity index (χ3n) is 5.47. The number of nitrogens with zero attached hydrogens (tertiary/aromatic N) is 2. The van der Waals surface area contributed by atoms with Crippen LogP contribution in [-0.2, 0) is 19.4 Å². The Labute approximate surface area is 191 Å². The lowest BCUT2D eigenvalue weighted by Crippen LogP contribution is -2.53. The zero-order valence-corrected chi connectivity index (χ0v) is 19.0. The summed E-state index contributed by atoms with van der Waals surface area (Å²) >= 11 is 0. The lowest BCUT2D eigenvalue weighted by atomic mass is 10.1. The van der Waals surface area contributed by atoms with Gasteiger partial charge >= 0.3 is 11.7 Å². The molecule has 1 saturated heterocycles. The van der Waals surface area contributed by atoms with E-state index in [9.17, 15) is 26.8 Å². The highest BCUT2D eigenvalue weighted by atomic mass is 32.2. The molecule has 1 unspecified atom stereocenters. The van der Waals surface area contributed by atoms with Gasteiger partial charge in [0.2, 0.25) is 15.7 Å². The average molecular weight is 482 g/mol. The number of alkyl halides is 2. The number of carbonyl (C=O) groups is 2. The van der Waals surface area contributed by atoms with Gasteiger partial charge in [-0.15, -0.1) is 0 Å². The lowest BCUT2D eigenvalue weighted by molar-refractivity contribution is -0.117. The summed E-state index contributed by atoms with van der Waals surface area (Å²) in [6.45, 7) is 4.15. The minimum Gasteiger partial charge on any atom is -0.465 e. The highest BCUT2D eigenvalue weighted by Crippen LogP contribution is 2.22. The molecule has 3 rings (SSSR count). The Bertz CT molecular complexity index is 1090. The van der Waals surface area contributed by atoms with Crippen LogP contribution in [0, 0.1) is 0 Å². The Kier molecular flexibility index (Phi) is 7.65. The maximum Gasteiger partial charge on any atom is 0.341 e. The van der Waals surface area contributed by atoms with E-state index in [1.54, 1.807) is 12.1 Å². The number of anilines is 2. The number of amides is 1. The smallest absolute Gasteiger partial charge is 0.341 e. The Morgan fingerprint density at radius 2 is 1.73 bits per heavy atom. The number of hydrogen-bond acceptors (Lipinski definition) is 7. The van der Waals surface area contributed by atoms with E-state index in [1.165, 1.54) is 19.2 Å². The second-order valence-corrected chi connectivity index (χ2v) is 9.60. The molecule has 11 heteroatoms. The highest BCUT2D eigenvalue weighted by molar-refractivity contribution is 7.91. The van der Waals surface area contributed by atoms with Crippen LogP contribution in [-0.4, -0.2) is 70.3 Å². The highest BCUT2D eigenvalue weighted by Gasteiger charge is 2.27. The van der Waals surface area contributed by atoms with Crippen molar-refractivity contribution < 1.29 is 31.5 Å². The molecule has 0 aliphatic carbocycles. The molecule has 178 valence electrons. The molecule has 1 heterocycles. The van der Waals surface area contributed by atoms with Crippen LogP contribution >= 0.6 is 0 Å². The predicted octanol–water partition coefficient (Wildman–Crippen LogP) is 2.62. The van der Waals surface area contributed by atoms with Crippen molar-refractivity contribution in [1.29, 1.82) is 0 Å². The minimum atomic E-state index is -4.67. The van der Waals surface area contributed by atoms with Gasteiger partial charge in [0.15, 0.2) is 0 Å². The van der Waals surface area contributed by atoms with Crippen LogP contribution in [0.25, 0.3) is 0 Å². The Morgan fingerprint density at radius 1 is 1.09 bits per heavy atom. The van der Waals surface area contributed by atoms with Crippen molar-refractivity contribution in [2.45, 2.75) is 23.6 Å². The molecule has 2 aromatic rings. The molecule has 33 heavy (non-hydrogen) atoms. The molecular weight excluding hydrogens is 456 g/mol. The van der Waals surface area contributed by atoms with E-state index >= 15 is 0 Å². The van der Waals surface area contributed by atoms with Gasteiger partial charge in [-0.2, -0.15) is 8.78 Å². The maximum atomic E-state index is 12.6. The topological polar surface area (TPSA) is 96.0 Å². The molecular formula is C22H25F2N3O5S. The number of piperazine rings is 1. The maximum absolute atomic E-state index is 12.6. The van der Waals surface area contributed by atoms with Crippen molar-refractivity contribution in [1.82, 2.24) is 4.90 Å². The standard InChI is InChI=1S/C22H25F2N3O5S/c1-15-13-27(18-7-3-16(4-8-18)21(29)32-2)12-11-26(15)14-20(28)25-17-5-9-19(10-6-17)33(30,31)22(23)24/h3-10,15,22H,11-14H2,1-2H3,(H,25,28).